The summed E-state index contributed by atoms with van der Waals surface area (Å²) in [6, 6.07) is 6.63. The van der Waals surface area contributed by atoms with Crippen molar-refractivity contribution in [3.63, 3.8) is 0 Å². The van der Waals surface area contributed by atoms with Crippen LogP contribution in [0.3, 0.4) is 0 Å². The van der Waals surface area contributed by atoms with Crippen LogP contribution in [0.25, 0.3) is 0 Å². The molecule has 2 N–H and O–H groups in total. The van der Waals surface area contributed by atoms with Crippen LogP contribution < -0.4 is 10.9 Å². The summed E-state index contributed by atoms with van der Waals surface area (Å²) in [7, 11) is 0. The van der Waals surface area contributed by atoms with Crippen molar-refractivity contribution in [1.29, 1.82) is 0 Å². The third-order valence-corrected chi connectivity index (χ3v) is 6.36. The highest BCUT2D eigenvalue weighted by Gasteiger charge is 2.45. The second-order valence-corrected chi connectivity index (χ2v) is 8.15. The second-order valence-electron chi connectivity index (χ2n) is 6.64. The first-order chi connectivity index (χ1) is 15.6. The number of fused-ring (bicyclic) bond motifs is 1. The van der Waals surface area contributed by atoms with Gasteiger partial charge >= 0.3 is 5.97 Å². The first kappa shape index (κ1) is 24.8. The summed E-state index contributed by atoms with van der Waals surface area (Å²) >= 11 is 24.0. The Hall–Kier alpha value is -2.85. The van der Waals surface area contributed by atoms with E-state index in [9.17, 15) is 24.0 Å². The van der Waals surface area contributed by atoms with Crippen LogP contribution in [0, 0.1) is 0 Å². The monoisotopic (exact) mass is 531 g/mol. The minimum atomic E-state index is -1.44. The highest BCUT2D eigenvalue weighted by atomic mass is 35.5. The van der Waals surface area contributed by atoms with Crippen LogP contribution >= 0.6 is 46.4 Å². The summed E-state index contributed by atoms with van der Waals surface area (Å²) in [6.45, 7) is 0.421. The Balaban J connectivity index is 1.62. The second kappa shape index (κ2) is 9.96. The SMILES string of the molecule is C[C@H](C(=O)OCC(=O)NNC(=O)c1ccccc1)N1C(=O)c2c(Cl)c(Cl)c(Cl)c(Cl)c2C1=O. The van der Waals surface area contributed by atoms with Gasteiger partial charge in [0, 0.05) is 5.56 Å². The van der Waals surface area contributed by atoms with Gasteiger partial charge in [-0.15, -0.1) is 0 Å². The summed E-state index contributed by atoms with van der Waals surface area (Å²) in [5.41, 5.74) is 3.95. The molecule has 0 fully saturated rings. The lowest BCUT2D eigenvalue weighted by atomic mass is 10.1. The molecular weight excluding hydrogens is 520 g/mol. The van der Waals surface area contributed by atoms with Crippen LogP contribution in [0.5, 0.6) is 0 Å². The number of amides is 4. The standard InChI is InChI=1S/C20H13Cl4N3O6/c1-8(20(32)33-7-10(28)25-26-17(29)9-5-3-2-4-6-9)27-18(30)11-12(19(27)31)14(22)16(24)15(23)13(11)21/h2-6,8H,7H2,1H3,(H,25,28)(H,26,29)/t8-/m1/s1. The largest absolute Gasteiger partial charge is 0.454 e. The molecule has 0 saturated carbocycles. The van der Waals surface area contributed by atoms with Crippen LogP contribution in [-0.2, 0) is 14.3 Å². The van der Waals surface area contributed by atoms with Crippen molar-refractivity contribution in [2.24, 2.45) is 0 Å². The van der Waals surface area contributed by atoms with E-state index < -0.39 is 42.2 Å². The number of nitrogens with zero attached hydrogens (tertiary/aromatic N) is 1. The lowest BCUT2D eigenvalue weighted by Crippen LogP contribution is -2.46. The highest BCUT2D eigenvalue weighted by Crippen LogP contribution is 2.45. The number of carbonyl (C=O) groups excluding carboxylic acids is 5. The molecule has 0 saturated heterocycles. The number of halogens is 4. The normalized spacial score (nSPS) is 13.4. The van der Waals surface area contributed by atoms with E-state index in [1.165, 1.54) is 19.1 Å². The molecule has 0 unspecified atom stereocenters. The van der Waals surface area contributed by atoms with Gasteiger partial charge in [-0.1, -0.05) is 64.6 Å². The third-order valence-electron chi connectivity index (χ3n) is 4.56. The maximum absolute atomic E-state index is 12.8. The Labute approximate surface area is 206 Å². The van der Waals surface area contributed by atoms with Crippen LogP contribution in [0.1, 0.15) is 38.0 Å². The summed E-state index contributed by atoms with van der Waals surface area (Å²) < 4.78 is 4.85. The van der Waals surface area contributed by atoms with E-state index >= 15 is 0 Å². The number of hydrazine groups is 1. The molecule has 13 heteroatoms. The maximum atomic E-state index is 12.8. The first-order valence-corrected chi connectivity index (χ1v) is 10.6. The average Bonchev–Trinajstić information content (AvgIpc) is 3.08. The van der Waals surface area contributed by atoms with Gasteiger partial charge in [-0.25, -0.2) is 4.79 Å². The molecule has 0 spiro atoms. The van der Waals surface area contributed by atoms with Crippen molar-refractivity contribution in [3.05, 3.63) is 67.1 Å². The predicted molar refractivity (Wildman–Crippen MR) is 119 cm³/mol. The number of hydrogen-bond acceptors (Lipinski definition) is 6. The number of carbonyl (C=O) groups is 5. The van der Waals surface area contributed by atoms with E-state index in [1.54, 1.807) is 18.2 Å². The van der Waals surface area contributed by atoms with E-state index in [1.807, 2.05) is 0 Å². The molecule has 0 aromatic heterocycles. The summed E-state index contributed by atoms with van der Waals surface area (Å²) in [5, 5.41) is -0.990. The molecule has 2 aromatic rings. The zero-order chi connectivity index (χ0) is 24.4. The first-order valence-electron chi connectivity index (χ1n) is 9.11. The average molecular weight is 533 g/mol. The van der Waals surface area contributed by atoms with Gasteiger partial charge in [0.1, 0.15) is 6.04 Å². The summed E-state index contributed by atoms with van der Waals surface area (Å²) in [5.74, 6) is -4.36. The van der Waals surface area contributed by atoms with Gasteiger partial charge in [-0.2, -0.15) is 0 Å². The van der Waals surface area contributed by atoms with Gasteiger partial charge in [0.2, 0.25) is 0 Å². The zero-order valence-corrected chi connectivity index (χ0v) is 19.6. The fourth-order valence-electron chi connectivity index (χ4n) is 2.91. The molecule has 1 aliphatic rings. The summed E-state index contributed by atoms with van der Waals surface area (Å²) in [4.78, 5) is 62.3. The number of esters is 1. The van der Waals surface area contributed by atoms with Gasteiger partial charge in [0.15, 0.2) is 6.61 Å². The molecule has 172 valence electrons. The zero-order valence-electron chi connectivity index (χ0n) is 16.6. The lowest BCUT2D eigenvalue weighted by Gasteiger charge is -2.20. The smallest absolute Gasteiger partial charge is 0.329 e. The molecule has 3 rings (SSSR count). The van der Waals surface area contributed by atoms with Gasteiger partial charge in [-0.3, -0.25) is 34.9 Å². The van der Waals surface area contributed by atoms with E-state index in [0.29, 0.717) is 10.5 Å². The molecular formula is C20H13Cl4N3O6. The molecule has 33 heavy (non-hydrogen) atoms. The fraction of sp³-hybridized carbons (Fsp3) is 0.150. The Morgan fingerprint density at radius 3 is 1.91 bits per heavy atom. The van der Waals surface area contributed by atoms with Gasteiger partial charge < -0.3 is 4.74 Å². The van der Waals surface area contributed by atoms with Crippen molar-refractivity contribution < 1.29 is 28.7 Å². The van der Waals surface area contributed by atoms with Gasteiger partial charge in [-0.05, 0) is 19.1 Å². The fourth-order valence-corrected chi connectivity index (χ4v) is 3.92. The molecule has 1 heterocycles. The van der Waals surface area contributed by atoms with Crippen LogP contribution in [0.2, 0.25) is 20.1 Å². The molecule has 9 nitrogen and oxygen atoms in total. The topological polar surface area (TPSA) is 122 Å². The quantitative estimate of drug-likeness (QED) is 0.200. The third kappa shape index (κ3) is 4.77. The van der Waals surface area contributed by atoms with Crippen LogP contribution in [0.15, 0.2) is 30.3 Å². The van der Waals surface area contributed by atoms with E-state index in [4.69, 9.17) is 51.1 Å². The van der Waals surface area contributed by atoms with Crippen LogP contribution in [0.4, 0.5) is 0 Å². The Morgan fingerprint density at radius 2 is 1.39 bits per heavy atom. The minimum Gasteiger partial charge on any atom is -0.454 e. The molecule has 1 atom stereocenters. The van der Waals surface area contributed by atoms with Crippen molar-refractivity contribution in [1.82, 2.24) is 15.8 Å². The predicted octanol–water partition coefficient (Wildman–Crippen LogP) is 3.29. The number of hydrogen-bond donors (Lipinski definition) is 2. The lowest BCUT2D eigenvalue weighted by molar-refractivity contribution is -0.152. The Morgan fingerprint density at radius 1 is 0.879 bits per heavy atom. The van der Waals surface area contributed by atoms with Crippen molar-refractivity contribution >= 4 is 76.0 Å². The highest BCUT2D eigenvalue weighted by molar-refractivity contribution is 6.55. The molecule has 1 aliphatic heterocycles. The van der Waals surface area contributed by atoms with Gasteiger partial charge in [0.05, 0.1) is 31.2 Å². The number of benzene rings is 2. The van der Waals surface area contributed by atoms with Crippen molar-refractivity contribution in [3.8, 4) is 0 Å². The van der Waals surface area contributed by atoms with Crippen molar-refractivity contribution in [2.45, 2.75) is 13.0 Å². The molecule has 2 aromatic carbocycles. The van der Waals surface area contributed by atoms with E-state index in [2.05, 4.69) is 10.9 Å². The minimum absolute atomic E-state index is 0.213. The number of rotatable bonds is 5. The van der Waals surface area contributed by atoms with E-state index in [0.717, 1.165) is 0 Å². The molecule has 0 bridgehead atoms. The Bertz CT molecular complexity index is 1140. The molecule has 0 aliphatic carbocycles. The Kier molecular flexibility index (Phi) is 7.48. The number of imide groups is 1. The maximum Gasteiger partial charge on any atom is 0.329 e. The van der Waals surface area contributed by atoms with Crippen molar-refractivity contribution in [2.75, 3.05) is 6.61 Å². The summed E-state index contributed by atoms with van der Waals surface area (Å²) in [6.07, 6.45) is 0. The molecule has 4 amide bonds. The number of ether oxygens (including phenoxy) is 1. The number of nitrogens with one attached hydrogen (secondary N) is 2. The van der Waals surface area contributed by atoms with E-state index in [-0.39, 0.29) is 31.2 Å². The molecule has 0 radical (unpaired) electrons. The van der Waals surface area contributed by atoms with Crippen LogP contribution in [-0.4, -0.2) is 47.1 Å². The van der Waals surface area contributed by atoms with Gasteiger partial charge in [0.25, 0.3) is 23.6 Å².